The van der Waals surface area contributed by atoms with Crippen molar-refractivity contribution < 1.29 is 0 Å². The van der Waals surface area contributed by atoms with Crippen LogP contribution in [0.15, 0.2) is 48.5 Å². The molecule has 0 aromatic heterocycles. The van der Waals surface area contributed by atoms with Crippen molar-refractivity contribution in [1.82, 2.24) is 0 Å². The third-order valence-corrected chi connectivity index (χ3v) is 4.43. The van der Waals surface area contributed by atoms with Gasteiger partial charge in [0, 0.05) is 10.4 Å². The highest BCUT2D eigenvalue weighted by Crippen LogP contribution is 2.19. The number of alkyl halides is 1. The van der Waals surface area contributed by atoms with Crippen molar-refractivity contribution in [2.45, 2.75) is 19.8 Å². The second-order valence-corrected chi connectivity index (χ2v) is 6.13. The average Bonchev–Trinajstić information content (AvgIpc) is 2.40. The maximum atomic E-state index is 5.92. The molecule has 0 saturated heterocycles. The van der Waals surface area contributed by atoms with Gasteiger partial charge in [-0.25, -0.2) is 0 Å². The summed E-state index contributed by atoms with van der Waals surface area (Å²) in [6.07, 6.45) is 2.19. The van der Waals surface area contributed by atoms with Gasteiger partial charge in [0.15, 0.2) is 0 Å². The fourth-order valence-corrected chi connectivity index (χ4v) is 2.89. The molecule has 0 fully saturated rings. The smallest absolute Gasteiger partial charge is 0.0406 e. The Labute approximate surface area is 128 Å². The van der Waals surface area contributed by atoms with Gasteiger partial charge < -0.3 is 0 Å². The molecule has 1 unspecified atom stereocenters. The van der Waals surface area contributed by atoms with E-state index in [1.54, 1.807) is 0 Å². The topological polar surface area (TPSA) is 0 Å². The Bertz CT molecular complexity index is 519. The summed E-state index contributed by atoms with van der Waals surface area (Å²) < 4.78 is 0. The molecule has 2 aromatic rings. The van der Waals surface area contributed by atoms with E-state index >= 15 is 0 Å². The van der Waals surface area contributed by atoms with Gasteiger partial charge in [0.05, 0.1) is 0 Å². The normalized spacial score (nSPS) is 12.4. The van der Waals surface area contributed by atoms with Gasteiger partial charge in [-0.05, 0) is 48.9 Å². The number of hydrogen-bond donors (Lipinski definition) is 0. The third kappa shape index (κ3) is 4.67. The van der Waals surface area contributed by atoms with Crippen molar-refractivity contribution in [3.05, 3.63) is 70.2 Å². The van der Waals surface area contributed by atoms with E-state index in [9.17, 15) is 0 Å². The van der Waals surface area contributed by atoms with Crippen molar-refractivity contribution >= 4 is 27.5 Å². The van der Waals surface area contributed by atoms with Crippen molar-refractivity contribution in [2.75, 3.05) is 5.33 Å². The van der Waals surface area contributed by atoms with Crippen LogP contribution in [-0.4, -0.2) is 5.33 Å². The minimum absolute atomic E-state index is 0.614. The Hall–Kier alpha value is -0.790. The Kier molecular flexibility index (Phi) is 5.47. The second kappa shape index (κ2) is 7.12. The molecule has 0 heterocycles. The predicted octanol–water partition coefficient (Wildman–Crippen LogP) is 5.44. The lowest BCUT2D eigenvalue weighted by Crippen LogP contribution is -2.10. The zero-order valence-corrected chi connectivity index (χ0v) is 13.4. The van der Waals surface area contributed by atoms with Gasteiger partial charge in [-0.3, -0.25) is 0 Å². The van der Waals surface area contributed by atoms with Gasteiger partial charge in [0.1, 0.15) is 0 Å². The van der Waals surface area contributed by atoms with E-state index in [1.165, 1.54) is 16.7 Å². The molecule has 0 N–H and O–H groups in total. The van der Waals surface area contributed by atoms with Crippen molar-refractivity contribution in [3.63, 3.8) is 0 Å². The van der Waals surface area contributed by atoms with Crippen molar-refractivity contribution in [1.29, 1.82) is 0 Å². The van der Waals surface area contributed by atoms with Crippen LogP contribution >= 0.6 is 27.5 Å². The zero-order valence-electron chi connectivity index (χ0n) is 11.1. The highest BCUT2D eigenvalue weighted by molar-refractivity contribution is 9.09. The lowest BCUT2D eigenvalue weighted by atomic mass is 9.94. The van der Waals surface area contributed by atoms with Crippen LogP contribution in [0.25, 0.3) is 0 Å². The zero-order chi connectivity index (χ0) is 13.7. The molecule has 2 aromatic carbocycles. The average molecular weight is 338 g/mol. The molecule has 1 atom stereocenters. The molecule has 0 nitrogen and oxygen atoms in total. The molecule has 0 amide bonds. The molecule has 0 saturated carbocycles. The van der Waals surface area contributed by atoms with E-state index in [2.05, 4.69) is 59.3 Å². The molecular weight excluding hydrogens is 320 g/mol. The van der Waals surface area contributed by atoms with Gasteiger partial charge in [0.2, 0.25) is 0 Å². The minimum atomic E-state index is 0.614. The van der Waals surface area contributed by atoms with Crippen LogP contribution in [0, 0.1) is 12.8 Å². The van der Waals surface area contributed by atoms with Crippen LogP contribution in [0.3, 0.4) is 0 Å². The number of aryl methyl sites for hydroxylation is 1. The van der Waals surface area contributed by atoms with Gasteiger partial charge in [-0.1, -0.05) is 69.5 Å². The first-order valence-corrected chi connectivity index (χ1v) is 8.03. The molecule has 0 radical (unpaired) electrons. The summed E-state index contributed by atoms with van der Waals surface area (Å²) in [5, 5.41) is 1.82. The number of rotatable bonds is 5. The molecule has 2 rings (SSSR count). The fourth-order valence-electron chi connectivity index (χ4n) is 2.31. The van der Waals surface area contributed by atoms with E-state index < -0.39 is 0 Å². The van der Waals surface area contributed by atoms with Crippen LogP contribution in [0.5, 0.6) is 0 Å². The first kappa shape index (κ1) is 14.6. The standard InChI is InChI=1S/C17H18BrCl/c1-13-3-2-4-15(9-13)11-16(12-18)10-14-5-7-17(19)8-6-14/h2-9,16H,10-12H2,1H3. The van der Waals surface area contributed by atoms with E-state index in [4.69, 9.17) is 11.6 Å². The van der Waals surface area contributed by atoms with Gasteiger partial charge >= 0.3 is 0 Å². The van der Waals surface area contributed by atoms with E-state index in [1.807, 2.05) is 12.1 Å². The SMILES string of the molecule is Cc1cccc(CC(CBr)Cc2ccc(Cl)cc2)c1. The second-order valence-electron chi connectivity index (χ2n) is 5.04. The summed E-state index contributed by atoms with van der Waals surface area (Å²) in [7, 11) is 0. The Morgan fingerprint density at radius 1 is 1.00 bits per heavy atom. The van der Waals surface area contributed by atoms with Gasteiger partial charge in [-0.15, -0.1) is 0 Å². The van der Waals surface area contributed by atoms with Gasteiger partial charge in [-0.2, -0.15) is 0 Å². The van der Waals surface area contributed by atoms with Crippen LogP contribution in [0.2, 0.25) is 5.02 Å². The van der Waals surface area contributed by atoms with E-state index in [0.717, 1.165) is 23.2 Å². The number of halogens is 2. The monoisotopic (exact) mass is 336 g/mol. The summed E-state index contributed by atoms with van der Waals surface area (Å²) in [5.74, 6) is 0.614. The quantitative estimate of drug-likeness (QED) is 0.637. The Morgan fingerprint density at radius 2 is 1.68 bits per heavy atom. The van der Waals surface area contributed by atoms with Crippen molar-refractivity contribution in [3.8, 4) is 0 Å². The highest BCUT2D eigenvalue weighted by Gasteiger charge is 2.09. The summed E-state index contributed by atoms with van der Waals surface area (Å²) in [6.45, 7) is 2.14. The Morgan fingerprint density at radius 3 is 2.32 bits per heavy atom. The molecule has 100 valence electrons. The van der Waals surface area contributed by atoms with Crippen LogP contribution in [-0.2, 0) is 12.8 Å². The molecular formula is C17H18BrCl. The molecule has 0 aliphatic heterocycles. The Balaban J connectivity index is 2.02. The van der Waals surface area contributed by atoms with Crippen molar-refractivity contribution in [2.24, 2.45) is 5.92 Å². The number of benzene rings is 2. The number of hydrogen-bond acceptors (Lipinski definition) is 0. The lowest BCUT2D eigenvalue weighted by molar-refractivity contribution is 0.591. The van der Waals surface area contributed by atoms with E-state index in [0.29, 0.717) is 5.92 Å². The third-order valence-electron chi connectivity index (χ3n) is 3.26. The molecule has 0 aliphatic rings. The molecule has 0 bridgehead atoms. The highest BCUT2D eigenvalue weighted by atomic mass is 79.9. The largest absolute Gasteiger partial charge is 0.0925 e. The first-order valence-electron chi connectivity index (χ1n) is 6.53. The van der Waals surface area contributed by atoms with Crippen LogP contribution in [0.4, 0.5) is 0 Å². The van der Waals surface area contributed by atoms with E-state index in [-0.39, 0.29) is 0 Å². The summed E-state index contributed by atoms with van der Waals surface area (Å²) >= 11 is 9.56. The lowest BCUT2D eigenvalue weighted by Gasteiger charge is -2.14. The van der Waals surface area contributed by atoms with Crippen LogP contribution < -0.4 is 0 Å². The molecule has 0 spiro atoms. The summed E-state index contributed by atoms with van der Waals surface area (Å²) in [4.78, 5) is 0. The molecule has 19 heavy (non-hydrogen) atoms. The summed E-state index contributed by atoms with van der Waals surface area (Å²) in [6, 6.07) is 16.9. The van der Waals surface area contributed by atoms with Crippen LogP contribution in [0.1, 0.15) is 16.7 Å². The fraction of sp³-hybridized carbons (Fsp3) is 0.294. The maximum Gasteiger partial charge on any atom is 0.0406 e. The minimum Gasteiger partial charge on any atom is -0.0925 e. The molecule has 2 heteroatoms. The first-order chi connectivity index (χ1) is 9.17. The maximum absolute atomic E-state index is 5.92. The predicted molar refractivity (Wildman–Crippen MR) is 87.3 cm³/mol. The summed E-state index contributed by atoms with van der Waals surface area (Å²) in [5.41, 5.74) is 4.09. The molecule has 0 aliphatic carbocycles. The van der Waals surface area contributed by atoms with Gasteiger partial charge in [0.25, 0.3) is 0 Å².